The van der Waals surface area contributed by atoms with Crippen LogP contribution in [0.5, 0.6) is 0 Å². The summed E-state index contributed by atoms with van der Waals surface area (Å²) in [4.78, 5) is 19.7. The highest BCUT2D eigenvalue weighted by Gasteiger charge is 2.30. The predicted octanol–water partition coefficient (Wildman–Crippen LogP) is 3.59. The molecular formula is C16H14F3N5O. The molecule has 2 N–H and O–H groups in total. The maximum atomic E-state index is 12.7. The first-order chi connectivity index (χ1) is 11.8. The second-order valence-corrected chi connectivity index (χ2v) is 5.23. The van der Waals surface area contributed by atoms with Crippen LogP contribution >= 0.6 is 0 Å². The second kappa shape index (κ2) is 7.61. The van der Waals surface area contributed by atoms with Gasteiger partial charge in [-0.2, -0.15) is 18.4 Å². The number of carbonyl (C=O) groups is 1. The first kappa shape index (κ1) is 18.2. The number of carbonyl (C=O) groups excluding carboxylic acids is 1. The molecule has 0 aliphatic carbocycles. The molecule has 130 valence electrons. The molecule has 0 saturated carbocycles. The maximum absolute atomic E-state index is 12.7. The van der Waals surface area contributed by atoms with Crippen molar-refractivity contribution in [2.75, 3.05) is 5.32 Å². The Balaban J connectivity index is 2.08. The molecule has 0 spiro atoms. The molecule has 1 unspecified atom stereocenters. The van der Waals surface area contributed by atoms with Gasteiger partial charge in [0.25, 0.3) is 0 Å². The third-order valence-electron chi connectivity index (χ3n) is 3.15. The Hall–Kier alpha value is -3.15. The zero-order valence-electron chi connectivity index (χ0n) is 13.1. The van der Waals surface area contributed by atoms with Gasteiger partial charge in [-0.05, 0) is 19.1 Å². The van der Waals surface area contributed by atoms with Gasteiger partial charge in [-0.1, -0.05) is 12.1 Å². The van der Waals surface area contributed by atoms with Gasteiger partial charge >= 0.3 is 12.2 Å². The number of nitriles is 1. The molecule has 0 aliphatic heterocycles. The lowest BCUT2D eigenvalue weighted by Crippen LogP contribution is -2.36. The van der Waals surface area contributed by atoms with E-state index in [9.17, 15) is 18.0 Å². The van der Waals surface area contributed by atoms with Crippen LogP contribution in [0.4, 0.5) is 23.8 Å². The fourth-order valence-electron chi connectivity index (χ4n) is 1.96. The van der Waals surface area contributed by atoms with E-state index in [-0.39, 0.29) is 29.5 Å². The number of nitrogens with one attached hydrogen (secondary N) is 2. The Labute approximate surface area is 141 Å². The van der Waals surface area contributed by atoms with Crippen molar-refractivity contribution in [3.63, 3.8) is 0 Å². The lowest BCUT2D eigenvalue weighted by molar-refractivity contribution is -0.137. The number of aromatic nitrogens is 2. The summed E-state index contributed by atoms with van der Waals surface area (Å²) in [6, 6.07) is 5.77. The van der Waals surface area contributed by atoms with Gasteiger partial charge < -0.3 is 5.32 Å². The molecule has 2 amide bonds. The van der Waals surface area contributed by atoms with E-state index in [1.54, 1.807) is 6.92 Å². The smallest absolute Gasteiger partial charge is 0.334 e. The van der Waals surface area contributed by atoms with Crippen molar-refractivity contribution < 1.29 is 18.0 Å². The Bertz CT molecular complexity index is 784. The van der Waals surface area contributed by atoms with Crippen molar-refractivity contribution in [2.45, 2.75) is 25.6 Å². The minimum absolute atomic E-state index is 0.136. The second-order valence-electron chi connectivity index (χ2n) is 5.23. The van der Waals surface area contributed by atoms with Crippen molar-refractivity contribution in [1.29, 1.82) is 5.26 Å². The summed E-state index contributed by atoms with van der Waals surface area (Å²) in [6.45, 7) is 1.67. The largest absolute Gasteiger partial charge is 0.416 e. The minimum Gasteiger partial charge on any atom is -0.334 e. The van der Waals surface area contributed by atoms with Crippen molar-refractivity contribution in [1.82, 2.24) is 15.3 Å². The Morgan fingerprint density at radius 3 is 2.68 bits per heavy atom. The number of halogens is 3. The normalized spacial score (nSPS) is 12.1. The maximum Gasteiger partial charge on any atom is 0.416 e. The van der Waals surface area contributed by atoms with Crippen LogP contribution in [0.2, 0.25) is 0 Å². The summed E-state index contributed by atoms with van der Waals surface area (Å²) in [5.41, 5.74) is -0.268. The van der Waals surface area contributed by atoms with Crippen molar-refractivity contribution in [3.8, 4) is 17.3 Å². The van der Waals surface area contributed by atoms with Crippen LogP contribution in [-0.4, -0.2) is 22.0 Å². The molecule has 6 nitrogen and oxygen atoms in total. The van der Waals surface area contributed by atoms with E-state index < -0.39 is 17.8 Å². The molecule has 25 heavy (non-hydrogen) atoms. The van der Waals surface area contributed by atoms with Crippen LogP contribution in [0, 0.1) is 11.3 Å². The van der Waals surface area contributed by atoms with Gasteiger partial charge in [0.1, 0.15) is 0 Å². The highest BCUT2D eigenvalue weighted by Crippen LogP contribution is 2.31. The van der Waals surface area contributed by atoms with E-state index in [0.29, 0.717) is 0 Å². The monoisotopic (exact) mass is 349 g/mol. The lowest BCUT2D eigenvalue weighted by atomic mass is 10.1. The number of urea groups is 1. The first-order valence-electron chi connectivity index (χ1n) is 7.23. The van der Waals surface area contributed by atoms with Gasteiger partial charge in [0.2, 0.25) is 0 Å². The van der Waals surface area contributed by atoms with E-state index in [1.165, 1.54) is 24.5 Å². The molecular weight excluding hydrogens is 335 g/mol. The summed E-state index contributed by atoms with van der Waals surface area (Å²) in [5.74, 6) is 0.136. The zero-order valence-corrected chi connectivity index (χ0v) is 13.1. The summed E-state index contributed by atoms with van der Waals surface area (Å²) in [6.07, 6.45) is -1.77. The topological polar surface area (TPSA) is 90.7 Å². The average molecular weight is 349 g/mol. The summed E-state index contributed by atoms with van der Waals surface area (Å²) < 4.78 is 38.2. The first-order valence-corrected chi connectivity index (χ1v) is 7.23. The predicted molar refractivity (Wildman–Crippen MR) is 84.3 cm³/mol. The van der Waals surface area contributed by atoms with E-state index in [0.717, 1.165) is 12.1 Å². The number of anilines is 1. The van der Waals surface area contributed by atoms with Gasteiger partial charge in [0.05, 0.1) is 36.1 Å². The fourth-order valence-corrected chi connectivity index (χ4v) is 1.96. The minimum atomic E-state index is -4.44. The van der Waals surface area contributed by atoms with Crippen LogP contribution < -0.4 is 10.6 Å². The van der Waals surface area contributed by atoms with Crippen molar-refractivity contribution in [2.24, 2.45) is 0 Å². The molecule has 1 aromatic carbocycles. The molecule has 0 saturated heterocycles. The third kappa shape index (κ3) is 5.17. The molecule has 1 atom stereocenters. The highest BCUT2D eigenvalue weighted by atomic mass is 19.4. The van der Waals surface area contributed by atoms with Gasteiger partial charge in [-0.15, -0.1) is 0 Å². The van der Waals surface area contributed by atoms with Gasteiger partial charge in [0, 0.05) is 11.6 Å². The number of amides is 2. The fraction of sp³-hybridized carbons (Fsp3) is 0.250. The molecule has 9 heteroatoms. The van der Waals surface area contributed by atoms with Gasteiger partial charge in [-0.3, -0.25) is 10.3 Å². The third-order valence-corrected chi connectivity index (χ3v) is 3.15. The summed E-state index contributed by atoms with van der Waals surface area (Å²) in [5, 5.41) is 13.5. The average Bonchev–Trinajstić information content (AvgIpc) is 2.55. The molecule has 0 fully saturated rings. The van der Waals surface area contributed by atoms with E-state index in [2.05, 4.69) is 20.6 Å². The Morgan fingerprint density at radius 2 is 2.08 bits per heavy atom. The zero-order chi connectivity index (χ0) is 18.4. The SMILES string of the molecule is CC(CC#N)NC(=O)Nc1cnc(-c2cccc(C(F)(F)F)c2)cn1. The van der Waals surface area contributed by atoms with E-state index >= 15 is 0 Å². The Kier molecular flexibility index (Phi) is 5.54. The van der Waals surface area contributed by atoms with Crippen molar-refractivity contribution in [3.05, 3.63) is 42.2 Å². The molecule has 2 rings (SSSR count). The number of alkyl halides is 3. The summed E-state index contributed by atoms with van der Waals surface area (Å²) >= 11 is 0. The molecule has 1 aromatic heterocycles. The molecule has 0 bridgehead atoms. The lowest BCUT2D eigenvalue weighted by Gasteiger charge is -2.11. The van der Waals surface area contributed by atoms with Gasteiger partial charge in [0.15, 0.2) is 5.82 Å². The quantitative estimate of drug-likeness (QED) is 0.882. The molecule has 2 aromatic rings. The van der Waals surface area contributed by atoms with Crippen LogP contribution in [0.1, 0.15) is 18.9 Å². The van der Waals surface area contributed by atoms with Crippen LogP contribution in [-0.2, 0) is 6.18 Å². The summed E-state index contributed by atoms with van der Waals surface area (Å²) in [7, 11) is 0. The van der Waals surface area contributed by atoms with Crippen LogP contribution in [0.25, 0.3) is 11.3 Å². The molecule has 0 radical (unpaired) electrons. The number of hydrogen-bond acceptors (Lipinski definition) is 4. The molecule has 0 aliphatic rings. The Morgan fingerprint density at radius 1 is 1.32 bits per heavy atom. The number of rotatable bonds is 4. The van der Waals surface area contributed by atoms with Crippen molar-refractivity contribution >= 4 is 11.8 Å². The highest BCUT2D eigenvalue weighted by molar-refractivity contribution is 5.88. The van der Waals surface area contributed by atoms with Crippen LogP contribution in [0.15, 0.2) is 36.7 Å². The number of hydrogen-bond donors (Lipinski definition) is 2. The van der Waals surface area contributed by atoms with Gasteiger partial charge in [-0.25, -0.2) is 9.78 Å². The standard InChI is InChI=1S/C16H14F3N5O/c1-10(5-6-20)23-15(25)24-14-9-21-13(8-22-14)11-3-2-4-12(7-11)16(17,18)19/h2-4,7-10H,5H2,1H3,(H2,22,23,24,25). The van der Waals surface area contributed by atoms with Crippen LogP contribution in [0.3, 0.4) is 0 Å². The van der Waals surface area contributed by atoms with E-state index in [1.807, 2.05) is 6.07 Å². The molecule has 1 heterocycles. The van der Waals surface area contributed by atoms with E-state index in [4.69, 9.17) is 5.26 Å². The number of benzene rings is 1. The number of nitrogens with zero attached hydrogens (tertiary/aromatic N) is 3.